The maximum Gasteiger partial charge on any atom is 0.225 e. The van der Waals surface area contributed by atoms with Crippen LogP contribution in [0.1, 0.15) is 75.1 Å². The average Bonchev–Trinajstić information content (AvgIpc) is 3.66. The Morgan fingerprint density at radius 1 is 0.600 bits per heavy atom. The van der Waals surface area contributed by atoms with Crippen LogP contribution < -0.4 is 4.74 Å². The summed E-state index contributed by atoms with van der Waals surface area (Å²) < 4.78 is 12.0. The highest BCUT2D eigenvalue weighted by Crippen LogP contribution is 2.57. The molecule has 4 nitrogen and oxygen atoms in total. The first-order valence-electron chi connectivity index (χ1n) is 15.6. The zero-order valence-electron chi connectivity index (χ0n) is 26.8. The lowest BCUT2D eigenvalue weighted by molar-refractivity contribution is 0.480. The van der Waals surface area contributed by atoms with Gasteiger partial charge in [0.15, 0.2) is 0 Å². The lowest BCUT2D eigenvalue weighted by atomic mass is 9.69. The monoisotopic (exact) mass is 590 g/mol. The number of hydrogen-bond donors (Lipinski definition) is 0. The smallest absolute Gasteiger partial charge is 0.225 e. The molecule has 0 radical (unpaired) electrons. The van der Waals surface area contributed by atoms with E-state index in [-0.39, 0.29) is 10.8 Å². The van der Waals surface area contributed by atoms with Crippen LogP contribution in [-0.2, 0) is 16.2 Å². The van der Waals surface area contributed by atoms with Crippen LogP contribution in [0, 0.1) is 0 Å². The maximum absolute atomic E-state index is 6.51. The van der Waals surface area contributed by atoms with E-state index >= 15 is 0 Å². The molecule has 4 aromatic carbocycles. The van der Waals surface area contributed by atoms with Crippen LogP contribution in [0.15, 0.2) is 126 Å². The Labute approximate surface area is 265 Å². The largest absolute Gasteiger partial charge is 0.457 e. The van der Waals surface area contributed by atoms with Gasteiger partial charge in [0.05, 0.1) is 17.3 Å². The maximum atomic E-state index is 6.51. The summed E-state index contributed by atoms with van der Waals surface area (Å²) in [5.74, 6) is 2.03. The van der Waals surface area contributed by atoms with Gasteiger partial charge in [-0.3, -0.25) is 4.98 Å². The van der Waals surface area contributed by atoms with E-state index in [2.05, 4.69) is 113 Å². The molecule has 0 unspecified atom stereocenters. The number of fused-ring (bicyclic) bond motifs is 3. The van der Waals surface area contributed by atoms with Crippen LogP contribution >= 0.6 is 0 Å². The summed E-state index contributed by atoms with van der Waals surface area (Å²) in [5.41, 5.74) is 9.98. The Kier molecular flexibility index (Phi) is 6.77. The Hall–Kier alpha value is -4.96. The first kappa shape index (κ1) is 28.8. The van der Waals surface area contributed by atoms with E-state index in [1.807, 2.05) is 42.6 Å². The molecular formula is C41H38N2O2. The lowest BCUT2D eigenvalue weighted by Crippen LogP contribution is -2.30. The van der Waals surface area contributed by atoms with Crippen molar-refractivity contribution in [2.45, 2.75) is 57.8 Å². The van der Waals surface area contributed by atoms with Crippen molar-refractivity contribution in [3.63, 3.8) is 0 Å². The van der Waals surface area contributed by atoms with Crippen molar-refractivity contribution in [3.05, 3.63) is 155 Å². The van der Waals surface area contributed by atoms with Crippen LogP contribution in [0.5, 0.6) is 11.5 Å². The third-order valence-corrected chi connectivity index (χ3v) is 8.93. The number of benzene rings is 4. The predicted octanol–water partition coefficient (Wildman–Crippen LogP) is 10.5. The Morgan fingerprint density at radius 2 is 1.24 bits per heavy atom. The van der Waals surface area contributed by atoms with Crippen LogP contribution in [-0.4, -0.2) is 9.97 Å². The van der Waals surface area contributed by atoms with Crippen molar-refractivity contribution in [2.24, 2.45) is 0 Å². The second-order valence-corrected chi connectivity index (χ2v) is 14.0. The van der Waals surface area contributed by atoms with Gasteiger partial charge in [-0.2, -0.15) is 0 Å². The van der Waals surface area contributed by atoms with Gasteiger partial charge in [0.1, 0.15) is 17.8 Å². The van der Waals surface area contributed by atoms with Gasteiger partial charge in [-0.25, -0.2) is 4.98 Å². The van der Waals surface area contributed by atoms with Crippen molar-refractivity contribution in [1.29, 1.82) is 0 Å². The fourth-order valence-electron chi connectivity index (χ4n) is 6.57. The van der Waals surface area contributed by atoms with E-state index in [9.17, 15) is 0 Å². The lowest BCUT2D eigenvalue weighted by Gasteiger charge is -2.33. The first-order valence-corrected chi connectivity index (χ1v) is 15.6. The zero-order valence-corrected chi connectivity index (χ0v) is 26.8. The van der Waals surface area contributed by atoms with Gasteiger partial charge in [0.25, 0.3) is 0 Å². The number of hydrogen-bond acceptors (Lipinski definition) is 4. The van der Waals surface area contributed by atoms with Crippen LogP contribution in [0.25, 0.3) is 22.6 Å². The van der Waals surface area contributed by atoms with Crippen LogP contribution in [0.2, 0.25) is 0 Å². The van der Waals surface area contributed by atoms with Crippen LogP contribution in [0.3, 0.4) is 0 Å². The Balaban J connectivity index is 1.45. The summed E-state index contributed by atoms with van der Waals surface area (Å²) in [4.78, 5) is 9.34. The highest BCUT2D eigenvalue weighted by atomic mass is 16.5. The van der Waals surface area contributed by atoms with E-state index in [4.69, 9.17) is 14.1 Å². The minimum absolute atomic E-state index is 0.0144. The molecule has 224 valence electrons. The average molecular weight is 591 g/mol. The second-order valence-electron chi connectivity index (χ2n) is 14.0. The fraction of sp³-hybridized carbons (Fsp3) is 0.220. The second kappa shape index (κ2) is 10.6. The highest BCUT2D eigenvalue weighted by Gasteiger charge is 2.48. The summed E-state index contributed by atoms with van der Waals surface area (Å²) in [6.07, 6.45) is 5.13. The molecule has 0 spiro atoms. The van der Waals surface area contributed by atoms with Crippen molar-refractivity contribution in [2.75, 3.05) is 0 Å². The van der Waals surface area contributed by atoms with Gasteiger partial charge in [0.2, 0.25) is 5.89 Å². The van der Waals surface area contributed by atoms with Gasteiger partial charge in [-0.05, 0) is 92.2 Å². The van der Waals surface area contributed by atoms with Gasteiger partial charge in [-0.1, -0.05) is 102 Å². The molecule has 0 fully saturated rings. The number of pyridine rings is 1. The molecule has 45 heavy (non-hydrogen) atoms. The Morgan fingerprint density at radius 3 is 1.82 bits per heavy atom. The topological polar surface area (TPSA) is 48.2 Å². The molecule has 4 heteroatoms. The molecule has 0 N–H and O–H groups in total. The zero-order chi connectivity index (χ0) is 31.4. The summed E-state index contributed by atoms with van der Waals surface area (Å²) in [5, 5.41) is 0. The number of oxazole rings is 1. The molecule has 2 heterocycles. The SMILES string of the molecule is CC(C)(C)c1ccc2c(c1)-c1cc(C(C)(C)C)ccc1C2(c1cccc(Oc2cccc(-c3ncco3)c2)c1)c1ccccn1. The molecule has 0 aliphatic heterocycles. The number of rotatable bonds is 5. The van der Waals surface area contributed by atoms with E-state index < -0.39 is 5.41 Å². The number of aromatic nitrogens is 2. The summed E-state index contributed by atoms with van der Waals surface area (Å²) in [7, 11) is 0. The Bertz CT molecular complexity index is 1930. The number of nitrogens with zero attached hydrogens (tertiary/aromatic N) is 2. The van der Waals surface area contributed by atoms with E-state index in [0.717, 1.165) is 22.6 Å². The first-order chi connectivity index (χ1) is 21.5. The van der Waals surface area contributed by atoms with Crippen molar-refractivity contribution >= 4 is 0 Å². The minimum Gasteiger partial charge on any atom is -0.457 e. The molecule has 6 aromatic rings. The summed E-state index contributed by atoms with van der Waals surface area (Å²) >= 11 is 0. The predicted molar refractivity (Wildman–Crippen MR) is 181 cm³/mol. The van der Waals surface area contributed by atoms with E-state index in [0.29, 0.717) is 11.6 Å². The third kappa shape index (κ3) is 4.95. The molecule has 1 aliphatic rings. The molecule has 0 saturated carbocycles. The van der Waals surface area contributed by atoms with Gasteiger partial charge in [0, 0.05) is 11.8 Å². The quantitative estimate of drug-likeness (QED) is 0.200. The van der Waals surface area contributed by atoms with Gasteiger partial charge >= 0.3 is 0 Å². The van der Waals surface area contributed by atoms with Gasteiger partial charge in [-0.15, -0.1) is 0 Å². The van der Waals surface area contributed by atoms with Crippen molar-refractivity contribution < 1.29 is 9.15 Å². The molecule has 7 rings (SSSR count). The van der Waals surface area contributed by atoms with Gasteiger partial charge < -0.3 is 9.15 Å². The molecule has 0 amide bonds. The summed E-state index contributed by atoms with van der Waals surface area (Å²) in [6.45, 7) is 13.7. The third-order valence-electron chi connectivity index (χ3n) is 8.93. The summed E-state index contributed by atoms with van der Waals surface area (Å²) in [6, 6.07) is 36.6. The normalized spacial score (nSPS) is 13.7. The van der Waals surface area contributed by atoms with Crippen molar-refractivity contribution in [3.8, 4) is 34.1 Å². The highest BCUT2D eigenvalue weighted by molar-refractivity contribution is 5.87. The molecule has 2 aromatic heterocycles. The van der Waals surface area contributed by atoms with Crippen LogP contribution in [0.4, 0.5) is 0 Å². The molecule has 1 aliphatic carbocycles. The van der Waals surface area contributed by atoms with E-state index in [1.165, 1.54) is 33.4 Å². The fourth-order valence-corrected chi connectivity index (χ4v) is 6.57. The van der Waals surface area contributed by atoms with E-state index in [1.54, 1.807) is 12.5 Å². The molecule has 0 bridgehead atoms. The minimum atomic E-state index is -0.627. The molecule has 0 saturated heterocycles. The number of ether oxygens (including phenoxy) is 1. The standard InChI is InChI=1S/C41H38N2O2/c1-39(2,3)28-16-18-35-33(25-28)34-26-29(40(4,5)6)17-19-36(34)41(35,37-15-7-8-20-42-37)30-12-10-14-32(24-30)45-31-13-9-11-27(23-31)38-43-21-22-44-38/h7-26H,1-6H3. The molecular weight excluding hydrogens is 552 g/mol. The van der Waals surface area contributed by atoms with Crippen molar-refractivity contribution in [1.82, 2.24) is 9.97 Å². The molecule has 0 atom stereocenters.